The molecule has 4 rings (SSSR count). The molecule has 0 saturated heterocycles. The number of amides is 2. The van der Waals surface area contributed by atoms with Crippen molar-refractivity contribution < 1.29 is 23.5 Å². The van der Waals surface area contributed by atoms with Crippen LogP contribution in [0.4, 0.5) is 5.69 Å². The summed E-state index contributed by atoms with van der Waals surface area (Å²) in [6.45, 7) is 0. The summed E-state index contributed by atoms with van der Waals surface area (Å²) >= 11 is 6.54. The van der Waals surface area contributed by atoms with Crippen LogP contribution >= 0.6 is 11.6 Å². The van der Waals surface area contributed by atoms with Gasteiger partial charge in [-0.15, -0.1) is 0 Å². The van der Waals surface area contributed by atoms with Gasteiger partial charge in [0.05, 0.1) is 31.2 Å². The Bertz CT molecular complexity index is 1140. The van der Waals surface area contributed by atoms with E-state index in [-0.39, 0.29) is 17.7 Å². The van der Waals surface area contributed by atoms with Gasteiger partial charge in [0.2, 0.25) is 5.91 Å². The summed E-state index contributed by atoms with van der Waals surface area (Å²) in [6, 6.07) is 14.3. The molecule has 1 aliphatic carbocycles. The van der Waals surface area contributed by atoms with Crippen LogP contribution in [0.1, 0.15) is 47.8 Å². The van der Waals surface area contributed by atoms with Gasteiger partial charge in [-0.25, -0.2) is 0 Å². The maximum atomic E-state index is 13.8. The van der Waals surface area contributed by atoms with Crippen LogP contribution in [-0.2, 0) is 4.79 Å². The van der Waals surface area contributed by atoms with Crippen molar-refractivity contribution in [1.82, 2.24) is 5.32 Å². The summed E-state index contributed by atoms with van der Waals surface area (Å²) in [4.78, 5) is 28.9. The van der Waals surface area contributed by atoms with Crippen molar-refractivity contribution in [2.24, 2.45) is 0 Å². The van der Waals surface area contributed by atoms with Crippen molar-refractivity contribution in [1.29, 1.82) is 0 Å². The summed E-state index contributed by atoms with van der Waals surface area (Å²) in [6.07, 6.45) is 5.35. The number of halogens is 1. The lowest BCUT2D eigenvalue weighted by atomic mass is 10.0. The van der Waals surface area contributed by atoms with E-state index in [9.17, 15) is 9.59 Å². The predicted molar refractivity (Wildman–Crippen MR) is 130 cm³/mol. The van der Waals surface area contributed by atoms with Crippen molar-refractivity contribution in [3.05, 3.63) is 77.2 Å². The van der Waals surface area contributed by atoms with Crippen LogP contribution in [0.3, 0.4) is 0 Å². The Morgan fingerprint density at radius 1 is 1.03 bits per heavy atom. The molecule has 7 nitrogen and oxygen atoms in total. The number of carbonyl (C=O) groups excluding carboxylic acids is 2. The third kappa shape index (κ3) is 4.89. The number of carbonyl (C=O) groups is 2. The number of methoxy groups -OCH3 is 2. The predicted octanol–water partition coefficient (Wildman–Crippen LogP) is 5.40. The minimum Gasteiger partial charge on any atom is -0.493 e. The smallest absolute Gasteiger partial charge is 0.295 e. The molecule has 2 aromatic carbocycles. The monoisotopic (exact) mass is 482 g/mol. The van der Waals surface area contributed by atoms with E-state index in [1.165, 1.54) is 25.4 Å². The second-order valence-corrected chi connectivity index (χ2v) is 8.52. The molecule has 8 heteroatoms. The second kappa shape index (κ2) is 10.7. The van der Waals surface area contributed by atoms with Crippen LogP contribution in [0.2, 0.25) is 5.02 Å². The Morgan fingerprint density at radius 2 is 1.76 bits per heavy atom. The first-order chi connectivity index (χ1) is 16.5. The molecular formula is C26H27ClN2O5. The van der Waals surface area contributed by atoms with Gasteiger partial charge in [-0.1, -0.05) is 42.6 Å². The summed E-state index contributed by atoms with van der Waals surface area (Å²) in [5, 5.41) is 3.47. The van der Waals surface area contributed by atoms with E-state index in [0.29, 0.717) is 27.8 Å². The number of para-hydroxylation sites is 1. The van der Waals surface area contributed by atoms with E-state index in [0.717, 1.165) is 25.7 Å². The topological polar surface area (TPSA) is 81.0 Å². The molecule has 0 aliphatic heterocycles. The van der Waals surface area contributed by atoms with Crippen LogP contribution < -0.4 is 19.7 Å². The molecule has 178 valence electrons. The van der Waals surface area contributed by atoms with Gasteiger partial charge in [0, 0.05) is 6.04 Å². The molecular weight excluding hydrogens is 456 g/mol. The lowest BCUT2D eigenvalue weighted by molar-refractivity contribution is -0.123. The second-order valence-electron chi connectivity index (χ2n) is 8.11. The SMILES string of the molecule is COc1ccc(C(C(=O)NC2CCCC2)N(C(=O)c2ccco2)c2ccccc2Cl)cc1OC. The van der Waals surface area contributed by atoms with Gasteiger partial charge in [-0.2, -0.15) is 0 Å². The Morgan fingerprint density at radius 3 is 2.41 bits per heavy atom. The summed E-state index contributed by atoms with van der Waals surface area (Å²) in [5.74, 6) is 0.267. The zero-order valence-corrected chi connectivity index (χ0v) is 19.9. The van der Waals surface area contributed by atoms with Gasteiger partial charge in [-0.05, 0) is 54.8 Å². The molecule has 1 unspecified atom stereocenters. The van der Waals surface area contributed by atoms with Crippen LogP contribution in [0.5, 0.6) is 11.5 Å². The fourth-order valence-electron chi connectivity index (χ4n) is 4.32. The molecule has 0 radical (unpaired) electrons. The fourth-order valence-corrected chi connectivity index (χ4v) is 4.55. The van der Waals surface area contributed by atoms with Crippen LogP contribution in [0, 0.1) is 0 Å². The lowest BCUT2D eigenvalue weighted by Gasteiger charge is -2.32. The number of nitrogens with one attached hydrogen (secondary N) is 1. The average molecular weight is 483 g/mol. The number of furan rings is 1. The molecule has 0 spiro atoms. The van der Waals surface area contributed by atoms with Gasteiger partial charge in [-0.3, -0.25) is 14.5 Å². The third-order valence-electron chi connectivity index (χ3n) is 5.99. The molecule has 0 bridgehead atoms. The molecule has 1 heterocycles. The summed E-state index contributed by atoms with van der Waals surface area (Å²) < 4.78 is 16.3. The number of rotatable bonds is 8. The van der Waals surface area contributed by atoms with Gasteiger partial charge in [0.15, 0.2) is 17.3 Å². The molecule has 1 saturated carbocycles. The zero-order valence-electron chi connectivity index (χ0n) is 19.1. The fraction of sp³-hybridized carbons (Fsp3) is 0.308. The molecule has 1 aliphatic rings. The van der Waals surface area contributed by atoms with Crippen LogP contribution in [0.25, 0.3) is 0 Å². The number of hydrogen-bond donors (Lipinski definition) is 1. The Balaban J connectivity index is 1.86. The highest BCUT2D eigenvalue weighted by atomic mass is 35.5. The molecule has 1 N–H and O–H groups in total. The number of benzene rings is 2. The first kappa shape index (κ1) is 23.7. The van der Waals surface area contributed by atoms with Crippen molar-refractivity contribution in [2.75, 3.05) is 19.1 Å². The van der Waals surface area contributed by atoms with E-state index in [1.54, 1.807) is 54.6 Å². The van der Waals surface area contributed by atoms with E-state index in [2.05, 4.69) is 5.32 Å². The summed E-state index contributed by atoms with van der Waals surface area (Å²) in [5.41, 5.74) is 0.944. The lowest BCUT2D eigenvalue weighted by Crippen LogP contribution is -2.46. The highest BCUT2D eigenvalue weighted by Crippen LogP contribution is 2.38. The Labute approximate surface area is 203 Å². The van der Waals surface area contributed by atoms with Crippen LogP contribution in [0.15, 0.2) is 65.3 Å². The summed E-state index contributed by atoms with van der Waals surface area (Å²) in [7, 11) is 3.06. The number of nitrogens with zero attached hydrogens (tertiary/aromatic N) is 1. The highest BCUT2D eigenvalue weighted by Gasteiger charge is 2.37. The molecule has 1 aromatic heterocycles. The number of ether oxygens (including phenoxy) is 2. The molecule has 1 fully saturated rings. The molecule has 1 atom stereocenters. The van der Waals surface area contributed by atoms with Crippen molar-refractivity contribution in [3.63, 3.8) is 0 Å². The van der Waals surface area contributed by atoms with E-state index in [4.69, 9.17) is 25.5 Å². The molecule has 34 heavy (non-hydrogen) atoms. The largest absolute Gasteiger partial charge is 0.493 e. The van der Waals surface area contributed by atoms with Crippen molar-refractivity contribution in [3.8, 4) is 11.5 Å². The zero-order chi connectivity index (χ0) is 24.1. The van der Waals surface area contributed by atoms with Gasteiger partial charge < -0.3 is 19.2 Å². The maximum absolute atomic E-state index is 13.8. The Kier molecular flexibility index (Phi) is 7.43. The van der Waals surface area contributed by atoms with E-state index >= 15 is 0 Å². The number of anilines is 1. The minimum absolute atomic E-state index is 0.0574. The van der Waals surface area contributed by atoms with Crippen LogP contribution in [-0.4, -0.2) is 32.1 Å². The maximum Gasteiger partial charge on any atom is 0.295 e. The first-order valence-electron chi connectivity index (χ1n) is 11.2. The van der Waals surface area contributed by atoms with E-state index in [1.807, 2.05) is 0 Å². The molecule has 3 aromatic rings. The average Bonchev–Trinajstić information content (AvgIpc) is 3.57. The van der Waals surface area contributed by atoms with Crippen molar-refractivity contribution >= 4 is 29.1 Å². The van der Waals surface area contributed by atoms with Gasteiger partial charge in [0.25, 0.3) is 5.91 Å². The quantitative estimate of drug-likeness (QED) is 0.465. The van der Waals surface area contributed by atoms with Gasteiger partial charge >= 0.3 is 0 Å². The van der Waals surface area contributed by atoms with Crippen molar-refractivity contribution in [2.45, 2.75) is 37.8 Å². The van der Waals surface area contributed by atoms with E-state index < -0.39 is 11.9 Å². The first-order valence-corrected chi connectivity index (χ1v) is 11.5. The van der Waals surface area contributed by atoms with Gasteiger partial charge in [0.1, 0.15) is 6.04 Å². The number of hydrogen-bond acceptors (Lipinski definition) is 5. The third-order valence-corrected chi connectivity index (χ3v) is 6.31. The Hall–Kier alpha value is -3.45. The normalized spacial score (nSPS) is 14.4. The standard InChI is InChI=1S/C26H27ClN2O5/c1-32-21-14-13-17(16-23(21)33-2)24(25(30)28-18-8-3-4-9-18)29(20-11-6-5-10-19(20)27)26(31)22-12-7-15-34-22/h5-7,10-16,18,24H,3-4,8-9H2,1-2H3,(H,28,30). The minimum atomic E-state index is -1.03. The molecule has 2 amide bonds. The highest BCUT2D eigenvalue weighted by molar-refractivity contribution is 6.34.